The third-order valence-corrected chi connectivity index (χ3v) is 1.30. The summed E-state index contributed by atoms with van der Waals surface area (Å²) in [5.41, 5.74) is 5.71. The third-order valence-electron chi connectivity index (χ3n) is 1.30. The van der Waals surface area contributed by atoms with Gasteiger partial charge in [-0.1, -0.05) is 13.3 Å². The van der Waals surface area contributed by atoms with Gasteiger partial charge in [0.15, 0.2) is 0 Å². The Morgan fingerprint density at radius 2 is 2.00 bits per heavy atom. The molecule has 10 heavy (non-hydrogen) atoms. The predicted octanol–water partition coefficient (Wildman–Crippen LogP) is 1.54. The molecule has 0 aromatic rings. The van der Waals surface area contributed by atoms with Crippen LogP contribution >= 0.6 is 0 Å². The van der Waals surface area contributed by atoms with Gasteiger partial charge in [0.2, 0.25) is 0 Å². The number of hydrogen-bond donors (Lipinski definition) is 1. The van der Waals surface area contributed by atoms with Gasteiger partial charge in [-0.25, -0.2) is 0 Å². The molecule has 1 unspecified atom stereocenters. The molecule has 2 heteroatoms. The Morgan fingerprint density at radius 1 is 1.40 bits per heavy atom. The van der Waals surface area contributed by atoms with E-state index in [0.29, 0.717) is 12.7 Å². The molecule has 0 rings (SSSR count). The van der Waals surface area contributed by atoms with Crippen LogP contribution in [0.3, 0.4) is 0 Å². The first kappa shape index (κ1) is 9.92. The standard InChI is InChI=1S/C8H19NO/c1-4-5-8(9)6-10-7(2)3/h7-8H,4-6,9H2,1-3H3. The lowest BCUT2D eigenvalue weighted by Gasteiger charge is -2.12. The summed E-state index contributed by atoms with van der Waals surface area (Å²) in [6.07, 6.45) is 2.51. The van der Waals surface area contributed by atoms with E-state index in [1.165, 1.54) is 0 Å². The summed E-state index contributed by atoms with van der Waals surface area (Å²) in [6.45, 7) is 6.89. The molecule has 0 aliphatic carbocycles. The average molecular weight is 145 g/mol. The molecule has 0 spiro atoms. The highest BCUT2D eigenvalue weighted by molar-refractivity contribution is 4.58. The molecule has 0 heterocycles. The van der Waals surface area contributed by atoms with Crippen LogP contribution in [-0.4, -0.2) is 18.8 Å². The Morgan fingerprint density at radius 3 is 2.40 bits per heavy atom. The van der Waals surface area contributed by atoms with Crippen molar-refractivity contribution in [3.8, 4) is 0 Å². The van der Waals surface area contributed by atoms with Crippen LogP contribution in [0.5, 0.6) is 0 Å². The highest BCUT2D eigenvalue weighted by Crippen LogP contribution is 1.96. The maximum Gasteiger partial charge on any atom is 0.0620 e. The van der Waals surface area contributed by atoms with Crippen molar-refractivity contribution in [3.63, 3.8) is 0 Å². The summed E-state index contributed by atoms with van der Waals surface area (Å²) in [5.74, 6) is 0. The maximum atomic E-state index is 5.71. The van der Waals surface area contributed by atoms with Crippen LogP contribution in [0.4, 0.5) is 0 Å². The van der Waals surface area contributed by atoms with E-state index in [1.807, 2.05) is 13.8 Å². The van der Waals surface area contributed by atoms with Gasteiger partial charge in [-0.05, 0) is 20.3 Å². The van der Waals surface area contributed by atoms with E-state index in [0.717, 1.165) is 12.8 Å². The molecule has 0 radical (unpaired) electrons. The molecule has 0 bridgehead atoms. The molecule has 0 saturated carbocycles. The molecule has 0 aliphatic heterocycles. The monoisotopic (exact) mass is 145 g/mol. The largest absolute Gasteiger partial charge is 0.377 e. The van der Waals surface area contributed by atoms with Crippen molar-refractivity contribution in [1.82, 2.24) is 0 Å². The molecule has 0 fully saturated rings. The minimum Gasteiger partial charge on any atom is -0.377 e. The molecule has 0 aromatic carbocycles. The van der Waals surface area contributed by atoms with Crippen LogP contribution in [0.25, 0.3) is 0 Å². The summed E-state index contributed by atoms with van der Waals surface area (Å²) in [5, 5.41) is 0. The number of hydrogen-bond acceptors (Lipinski definition) is 2. The summed E-state index contributed by atoms with van der Waals surface area (Å²) in [7, 11) is 0. The van der Waals surface area contributed by atoms with Crippen molar-refractivity contribution in [3.05, 3.63) is 0 Å². The summed E-state index contributed by atoms with van der Waals surface area (Å²) >= 11 is 0. The zero-order chi connectivity index (χ0) is 7.98. The fraction of sp³-hybridized carbons (Fsp3) is 1.00. The van der Waals surface area contributed by atoms with Crippen molar-refractivity contribution in [2.45, 2.75) is 45.8 Å². The highest BCUT2D eigenvalue weighted by Gasteiger charge is 2.01. The molecule has 0 aliphatic rings. The van der Waals surface area contributed by atoms with Crippen molar-refractivity contribution in [1.29, 1.82) is 0 Å². The molecule has 2 nitrogen and oxygen atoms in total. The summed E-state index contributed by atoms with van der Waals surface area (Å²) < 4.78 is 5.33. The molecule has 0 aromatic heterocycles. The first-order valence-corrected chi connectivity index (χ1v) is 4.04. The molecule has 0 saturated heterocycles. The van der Waals surface area contributed by atoms with E-state index in [2.05, 4.69) is 6.92 Å². The zero-order valence-electron chi connectivity index (χ0n) is 7.26. The van der Waals surface area contributed by atoms with Gasteiger partial charge in [0.1, 0.15) is 0 Å². The van der Waals surface area contributed by atoms with E-state index in [-0.39, 0.29) is 6.04 Å². The van der Waals surface area contributed by atoms with Crippen LogP contribution < -0.4 is 5.73 Å². The van der Waals surface area contributed by atoms with E-state index in [4.69, 9.17) is 10.5 Å². The average Bonchev–Trinajstić information content (AvgIpc) is 1.85. The second-order valence-corrected chi connectivity index (χ2v) is 2.93. The van der Waals surface area contributed by atoms with Gasteiger partial charge in [0.25, 0.3) is 0 Å². The maximum absolute atomic E-state index is 5.71. The smallest absolute Gasteiger partial charge is 0.0620 e. The minimum atomic E-state index is 0.229. The Balaban J connectivity index is 3.12. The van der Waals surface area contributed by atoms with Gasteiger partial charge in [0.05, 0.1) is 12.7 Å². The topological polar surface area (TPSA) is 35.2 Å². The quantitative estimate of drug-likeness (QED) is 0.637. The normalized spacial score (nSPS) is 14.1. The van der Waals surface area contributed by atoms with Crippen molar-refractivity contribution in [2.75, 3.05) is 6.61 Å². The van der Waals surface area contributed by atoms with Crippen molar-refractivity contribution >= 4 is 0 Å². The van der Waals surface area contributed by atoms with Crippen LogP contribution in [0.15, 0.2) is 0 Å². The van der Waals surface area contributed by atoms with Crippen LogP contribution in [0.2, 0.25) is 0 Å². The van der Waals surface area contributed by atoms with Crippen LogP contribution in [-0.2, 0) is 4.74 Å². The SMILES string of the molecule is CCCC(N)COC(C)C. The van der Waals surface area contributed by atoms with Gasteiger partial charge in [-0.3, -0.25) is 0 Å². The lowest BCUT2D eigenvalue weighted by molar-refractivity contribution is 0.0668. The van der Waals surface area contributed by atoms with E-state index in [9.17, 15) is 0 Å². The Bertz CT molecular complexity index is 73.7. The Kier molecular flexibility index (Phi) is 5.64. The minimum absolute atomic E-state index is 0.229. The van der Waals surface area contributed by atoms with Gasteiger partial charge in [-0.15, -0.1) is 0 Å². The molecule has 2 N–H and O–H groups in total. The van der Waals surface area contributed by atoms with E-state index < -0.39 is 0 Å². The van der Waals surface area contributed by atoms with Gasteiger partial charge >= 0.3 is 0 Å². The van der Waals surface area contributed by atoms with E-state index in [1.54, 1.807) is 0 Å². The third kappa shape index (κ3) is 6.05. The lowest BCUT2D eigenvalue weighted by atomic mass is 10.2. The summed E-state index contributed by atoms with van der Waals surface area (Å²) in [6, 6.07) is 0.229. The van der Waals surface area contributed by atoms with Gasteiger partial charge in [-0.2, -0.15) is 0 Å². The van der Waals surface area contributed by atoms with Gasteiger partial charge < -0.3 is 10.5 Å². The zero-order valence-corrected chi connectivity index (χ0v) is 7.26. The Hall–Kier alpha value is -0.0800. The molecule has 1 atom stereocenters. The first-order chi connectivity index (χ1) is 4.66. The molecular weight excluding hydrogens is 126 g/mol. The second-order valence-electron chi connectivity index (χ2n) is 2.93. The van der Waals surface area contributed by atoms with Gasteiger partial charge in [0, 0.05) is 6.04 Å². The van der Waals surface area contributed by atoms with Crippen LogP contribution in [0.1, 0.15) is 33.6 Å². The van der Waals surface area contributed by atoms with Crippen LogP contribution in [0, 0.1) is 0 Å². The summed E-state index contributed by atoms with van der Waals surface area (Å²) in [4.78, 5) is 0. The molecular formula is C8H19NO. The predicted molar refractivity (Wildman–Crippen MR) is 44.0 cm³/mol. The first-order valence-electron chi connectivity index (χ1n) is 4.04. The fourth-order valence-corrected chi connectivity index (χ4v) is 0.770. The number of nitrogens with two attached hydrogens (primary N) is 1. The Labute approximate surface area is 63.7 Å². The van der Waals surface area contributed by atoms with Crippen molar-refractivity contribution in [2.24, 2.45) is 5.73 Å². The lowest BCUT2D eigenvalue weighted by Crippen LogP contribution is -2.27. The van der Waals surface area contributed by atoms with Crippen molar-refractivity contribution < 1.29 is 4.74 Å². The highest BCUT2D eigenvalue weighted by atomic mass is 16.5. The molecule has 62 valence electrons. The fourth-order valence-electron chi connectivity index (χ4n) is 0.770. The van der Waals surface area contributed by atoms with E-state index >= 15 is 0 Å². The number of ether oxygens (including phenoxy) is 1. The number of rotatable bonds is 5. The second kappa shape index (κ2) is 5.69. The molecule has 0 amide bonds.